The monoisotopic (exact) mass is 336 g/mol. The molecule has 0 saturated heterocycles. The standard InChI is InChI=1S/C15H17BrN2O2/c1-8-6-9(2)13(10(3)7-8)15-14(16)11(17-18-15)4-5-12(19)20/h6-7H,4-5H2,1-3H3,(H,17,18)(H,19,20). The van der Waals surface area contributed by atoms with Gasteiger partial charge in [0.15, 0.2) is 0 Å². The van der Waals surface area contributed by atoms with Gasteiger partial charge in [-0.3, -0.25) is 9.89 Å². The maximum absolute atomic E-state index is 10.7. The van der Waals surface area contributed by atoms with Crippen LogP contribution in [0.15, 0.2) is 16.6 Å². The summed E-state index contributed by atoms with van der Waals surface area (Å²) in [6.07, 6.45) is 0.527. The van der Waals surface area contributed by atoms with E-state index in [0.717, 1.165) is 21.4 Å². The van der Waals surface area contributed by atoms with E-state index in [1.54, 1.807) is 0 Å². The fourth-order valence-electron chi connectivity index (χ4n) is 2.48. The third kappa shape index (κ3) is 2.93. The molecule has 1 aromatic carbocycles. The van der Waals surface area contributed by atoms with Crippen LogP contribution in [0.1, 0.15) is 28.8 Å². The molecule has 0 spiro atoms. The number of aromatic nitrogens is 2. The third-order valence-electron chi connectivity index (χ3n) is 3.28. The zero-order valence-electron chi connectivity index (χ0n) is 11.7. The Morgan fingerprint density at radius 2 is 1.90 bits per heavy atom. The number of aliphatic carboxylic acids is 1. The van der Waals surface area contributed by atoms with Crippen LogP contribution in [-0.2, 0) is 11.2 Å². The van der Waals surface area contributed by atoms with E-state index in [2.05, 4.69) is 59.0 Å². The van der Waals surface area contributed by atoms with Crippen LogP contribution in [-0.4, -0.2) is 21.3 Å². The van der Waals surface area contributed by atoms with Gasteiger partial charge in [-0.2, -0.15) is 5.10 Å². The van der Waals surface area contributed by atoms with Crippen LogP contribution < -0.4 is 0 Å². The van der Waals surface area contributed by atoms with Crippen LogP contribution in [0.25, 0.3) is 11.3 Å². The summed E-state index contributed by atoms with van der Waals surface area (Å²) in [7, 11) is 0. The molecule has 0 unspecified atom stereocenters. The highest BCUT2D eigenvalue weighted by molar-refractivity contribution is 9.10. The average molecular weight is 337 g/mol. The summed E-state index contributed by atoms with van der Waals surface area (Å²) in [5.41, 5.74) is 6.32. The predicted molar refractivity (Wildman–Crippen MR) is 81.9 cm³/mol. The molecule has 0 atom stereocenters. The first-order valence-corrected chi connectivity index (χ1v) is 7.22. The summed E-state index contributed by atoms with van der Waals surface area (Å²) in [4.78, 5) is 10.7. The molecule has 0 saturated carbocycles. The molecule has 1 heterocycles. The van der Waals surface area contributed by atoms with Crippen LogP contribution in [0.3, 0.4) is 0 Å². The highest BCUT2D eigenvalue weighted by atomic mass is 79.9. The van der Waals surface area contributed by atoms with Gasteiger partial charge in [-0.25, -0.2) is 0 Å². The number of aromatic amines is 1. The van der Waals surface area contributed by atoms with E-state index in [0.29, 0.717) is 6.42 Å². The summed E-state index contributed by atoms with van der Waals surface area (Å²) >= 11 is 3.54. The van der Waals surface area contributed by atoms with Crippen LogP contribution in [0.4, 0.5) is 0 Å². The van der Waals surface area contributed by atoms with Crippen LogP contribution in [0.5, 0.6) is 0 Å². The minimum Gasteiger partial charge on any atom is -0.481 e. The molecule has 20 heavy (non-hydrogen) atoms. The summed E-state index contributed by atoms with van der Waals surface area (Å²) < 4.78 is 0.855. The van der Waals surface area contributed by atoms with Crippen molar-refractivity contribution in [1.29, 1.82) is 0 Å². The third-order valence-corrected chi connectivity index (χ3v) is 4.13. The fourth-order valence-corrected chi connectivity index (χ4v) is 3.06. The number of aryl methyl sites for hydroxylation is 4. The molecule has 0 bridgehead atoms. The lowest BCUT2D eigenvalue weighted by atomic mass is 9.97. The molecule has 106 valence electrons. The van der Waals surface area contributed by atoms with Crippen molar-refractivity contribution in [2.24, 2.45) is 0 Å². The number of halogens is 1. The van der Waals surface area contributed by atoms with Gasteiger partial charge in [0, 0.05) is 12.0 Å². The van der Waals surface area contributed by atoms with Gasteiger partial charge in [0.1, 0.15) is 5.69 Å². The van der Waals surface area contributed by atoms with Crippen molar-refractivity contribution >= 4 is 21.9 Å². The number of carboxylic acids is 1. The first-order valence-electron chi connectivity index (χ1n) is 6.43. The summed E-state index contributed by atoms with van der Waals surface area (Å²) in [5.74, 6) is -0.809. The topological polar surface area (TPSA) is 66.0 Å². The molecule has 2 rings (SSSR count). The number of hydrogen-bond acceptors (Lipinski definition) is 2. The molecule has 0 amide bonds. The van der Waals surface area contributed by atoms with Crippen LogP contribution >= 0.6 is 15.9 Å². The Bertz CT molecular complexity index is 639. The van der Waals surface area contributed by atoms with Crippen molar-refractivity contribution in [2.45, 2.75) is 33.6 Å². The molecule has 0 aliphatic heterocycles. The van der Waals surface area contributed by atoms with Gasteiger partial charge in [-0.05, 0) is 47.8 Å². The van der Waals surface area contributed by atoms with E-state index >= 15 is 0 Å². The summed E-state index contributed by atoms with van der Waals surface area (Å²) in [6.45, 7) is 6.20. The quantitative estimate of drug-likeness (QED) is 0.892. The number of carboxylic acid groups (broad SMARTS) is 1. The second-order valence-corrected chi connectivity index (χ2v) is 5.83. The van der Waals surface area contributed by atoms with Gasteiger partial charge in [-0.15, -0.1) is 0 Å². The first-order chi connectivity index (χ1) is 9.40. The lowest BCUT2D eigenvalue weighted by Gasteiger charge is -2.09. The van der Waals surface area contributed by atoms with Gasteiger partial charge in [0.05, 0.1) is 16.6 Å². The smallest absolute Gasteiger partial charge is 0.303 e. The Balaban J connectivity index is 2.42. The number of carbonyl (C=O) groups is 1. The Hall–Kier alpha value is -1.62. The van der Waals surface area contributed by atoms with Crippen molar-refractivity contribution in [2.75, 3.05) is 0 Å². The van der Waals surface area contributed by atoms with Gasteiger partial charge in [0.2, 0.25) is 0 Å². The largest absolute Gasteiger partial charge is 0.481 e. The zero-order chi connectivity index (χ0) is 14.9. The van der Waals surface area contributed by atoms with Crippen LogP contribution in [0, 0.1) is 20.8 Å². The normalized spacial score (nSPS) is 10.8. The molecule has 1 aromatic heterocycles. The second kappa shape index (κ2) is 5.79. The van der Waals surface area contributed by atoms with Crippen molar-refractivity contribution < 1.29 is 9.90 Å². The molecule has 0 aliphatic carbocycles. The van der Waals surface area contributed by atoms with Gasteiger partial charge >= 0.3 is 5.97 Å². The van der Waals surface area contributed by atoms with Crippen molar-refractivity contribution in [3.05, 3.63) is 39.0 Å². The molecule has 0 fully saturated rings. The molecular formula is C15H17BrN2O2. The molecule has 4 nitrogen and oxygen atoms in total. The number of rotatable bonds is 4. The highest BCUT2D eigenvalue weighted by Gasteiger charge is 2.17. The van der Waals surface area contributed by atoms with Crippen molar-refractivity contribution in [3.63, 3.8) is 0 Å². The summed E-state index contributed by atoms with van der Waals surface area (Å²) in [6, 6.07) is 4.25. The van der Waals surface area contributed by atoms with E-state index < -0.39 is 5.97 Å². The number of benzene rings is 1. The van der Waals surface area contributed by atoms with Crippen molar-refractivity contribution in [1.82, 2.24) is 10.2 Å². The van der Waals surface area contributed by atoms with E-state index in [-0.39, 0.29) is 6.42 Å². The Kier molecular flexibility index (Phi) is 4.28. The summed E-state index contributed by atoms with van der Waals surface area (Å²) in [5, 5.41) is 16.0. The number of H-pyrrole nitrogens is 1. The number of hydrogen-bond donors (Lipinski definition) is 2. The maximum Gasteiger partial charge on any atom is 0.303 e. The minimum absolute atomic E-state index is 0.0894. The predicted octanol–water partition coefficient (Wildman–Crippen LogP) is 3.78. The van der Waals surface area contributed by atoms with E-state index in [9.17, 15) is 4.79 Å². The second-order valence-electron chi connectivity index (χ2n) is 5.03. The molecule has 0 radical (unpaired) electrons. The Labute approximate surface area is 126 Å². The van der Waals surface area contributed by atoms with Gasteiger partial charge in [0.25, 0.3) is 0 Å². The molecular weight excluding hydrogens is 320 g/mol. The Morgan fingerprint density at radius 1 is 1.30 bits per heavy atom. The van der Waals surface area contributed by atoms with E-state index in [4.69, 9.17) is 5.11 Å². The maximum atomic E-state index is 10.7. The number of nitrogens with zero attached hydrogens (tertiary/aromatic N) is 1. The highest BCUT2D eigenvalue weighted by Crippen LogP contribution is 2.34. The molecule has 2 N–H and O–H groups in total. The molecule has 2 aromatic rings. The van der Waals surface area contributed by atoms with Crippen molar-refractivity contribution in [3.8, 4) is 11.3 Å². The lowest BCUT2D eigenvalue weighted by molar-refractivity contribution is -0.136. The zero-order valence-corrected chi connectivity index (χ0v) is 13.3. The minimum atomic E-state index is -0.809. The van der Waals surface area contributed by atoms with Gasteiger partial charge < -0.3 is 5.11 Å². The van der Waals surface area contributed by atoms with E-state index in [1.807, 2.05) is 0 Å². The Morgan fingerprint density at radius 3 is 2.45 bits per heavy atom. The first kappa shape index (κ1) is 14.8. The average Bonchev–Trinajstić information content (AvgIpc) is 2.67. The number of nitrogens with one attached hydrogen (secondary N) is 1. The van der Waals surface area contributed by atoms with E-state index in [1.165, 1.54) is 16.7 Å². The van der Waals surface area contributed by atoms with Crippen LogP contribution in [0.2, 0.25) is 0 Å². The lowest BCUT2D eigenvalue weighted by Crippen LogP contribution is -1.98. The fraction of sp³-hybridized carbons (Fsp3) is 0.333. The molecule has 5 heteroatoms. The molecule has 0 aliphatic rings. The SMILES string of the molecule is Cc1cc(C)c(-c2n[nH]c(CCC(=O)O)c2Br)c(C)c1. The van der Waals surface area contributed by atoms with Gasteiger partial charge in [-0.1, -0.05) is 17.7 Å².